The van der Waals surface area contributed by atoms with Gasteiger partial charge in [0, 0.05) is 38.6 Å². The zero-order chi connectivity index (χ0) is 40.5. The molecule has 0 amide bonds. The molecule has 0 atom stereocenters. The molecule has 0 saturated heterocycles. The quantitative estimate of drug-likeness (QED) is 0.154. The van der Waals surface area contributed by atoms with E-state index in [1.165, 1.54) is 44.1 Å². The first kappa shape index (κ1) is 36.2. The van der Waals surface area contributed by atoms with Crippen molar-refractivity contribution >= 4 is 27.4 Å². The number of hydrogen-bond donors (Lipinski definition) is 0. The molecule has 0 radical (unpaired) electrons. The van der Waals surface area contributed by atoms with Gasteiger partial charge in [-0.15, -0.1) is 0 Å². The van der Waals surface area contributed by atoms with Crippen LogP contribution in [0.1, 0.15) is 18.4 Å². The summed E-state index contributed by atoms with van der Waals surface area (Å²) in [4.78, 5) is 10.6. The van der Waals surface area contributed by atoms with Crippen LogP contribution in [-0.2, 0) is 0 Å². The van der Waals surface area contributed by atoms with Crippen LogP contribution in [0.3, 0.4) is 0 Å². The highest BCUT2D eigenvalue weighted by Gasteiger charge is 2.23. The lowest BCUT2D eigenvalue weighted by Gasteiger charge is -2.22. The molecule has 2 heterocycles. The summed E-state index contributed by atoms with van der Waals surface area (Å²) in [5.74, 6) is 0.691. The molecule has 0 bridgehead atoms. The van der Waals surface area contributed by atoms with E-state index in [0.717, 1.165) is 68.9 Å². The Morgan fingerprint density at radius 3 is 1.56 bits per heavy atom. The van der Waals surface area contributed by atoms with Crippen molar-refractivity contribution in [3.63, 3.8) is 0 Å². The van der Waals surface area contributed by atoms with Crippen molar-refractivity contribution in [3.05, 3.63) is 230 Å². The molecule has 1 aliphatic carbocycles. The lowest BCUT2D eigenvalue weighted by atomic mass is 9.89. The van der Waals surface area contributed by atoms with Gasteiger partial charge in [-0.25, -0.2) is 9.97 Å². The Kier molecular flexibility index (Phi) is 9.33. The van der Waals surface area contributed by atoms with Gasteiger partial charge in [0.1, 0.15) is 0 Å². The van der Waals surface area contributed by atoms with Gasteiger partial charge < -0.3 is 4.57 Å². The molecule has 288 valence electrons. The first-order chi connectivity index (χ1) is 30.2. The van der Waals surface area contributed by atoms with Gasteiger partial charge in [0.15, 0.2) is 5.82 Å². The minimum atomic E-state index is 0.691. The van der Waals surface area contributed by atoms with Gasteiger partial charge in [0.05, 0.1) is 28.1 Å². The van der Waals surface area contributed by atoms with Crippen LogP contribution in [0, 0.1) is 0 Å². The highest BCUT2D eigenvalue weighted by molar-refractivity contribution is 6.12. The third-order valence-electron chi connectivity index (χ3n) is 11.8. The average Bonchev–Trinajstić information content (AvgIpc) is 3.68. The number of nitrogens with zero attached hydrogens (tertiary/aromatic N) is 3. The first-order valence-corrected chi connectivity index (χ1v) is 21.1. The Morgan fingerprint density at radius 1 is 0.361 bits per heavy atom. The Hall–Kier alpha value is -7.88. The SMILES string of the molecule is C1=CC(c2cc(-c3cc(-c4ccccc4)nc(-c4ccc(-c5ccccc5)cc4)n3)cc(-c3ccccc3)c2-n2c3ccccc3c3cc(-c4ccccc4)ccc32)=CCC1. The van der Waals surface area contributed by atoms with Crippen molar-refractivity contribution < 1.29 is 0 Å². The molecular formula is C58H41N3. The summed E-state index contributed by atoms with van der Waals surface area (Å²) in [5.41, 5.74) is 17.7. The molecule has 11 rings (SSSR count). The molecule has 0 fully saturated rings. The van der Waals surface area contributed by atoms with Crippen LogP contribution in [0.5, 0.6) is 0 Å². The number of aromatic nitrogens is 3. The minimum Gasteiger partial charge on any atom is -0.308 e. The van der Waals surface area contributed by atoms with E-state index in [1.807, 2.05) is 0 Å². The second-order valence-corrected chi connectivity index (χ2v) is 15.6. The summed E-state index contributed by atoms with van der Waals surface area (Å²) in [5, 5.41) is 2.45. The standard InChI is InChI=1S/C58H41N3/c1-6-18-40(19-7-1)42-30-32-46(33-31-42)58-59-53(45-26-14-5-15-27-45)39-54(60-58)48-37-50(43-22-10-3-11-23-43)57(51(38-48)44-24-12-4-13-25-44)61-55-29-17-16-28-49(55)52-36-47(34-35-56(52)61)41-20-8-2-9-21-41/h1-3,5-12,14-39H,4,13H2. The van der Waals surface area contributed by atoms with Gasteiger partial charge in [0.25, 0.3) is 0 Å². The van der Waals surface area contributed by atoms with Crippen LogP contribution in [0.25, 0.3) is 100 Å². The molecular weight excluding hydrogens is 739 g/mol. The van der Waals surface area contributed by atoms with Crippen LogP contribution in [-0.4, -0.2) is 14.5 Å². The molecule has 10 aromatic rings. The van der Waals surface area contributed by atoms with E-state index >= 15 is 0 Å². The molecule has 0 unspecified atom stereocenters. The number of allylic oxidation sites excluding steroid dienone is 4. The second-order valence-electron chi connectivity index (χ2n) is 15.6. The van der Waals surface area contributed by atoms with Crippen LogP contribution in [0.4, 0.5) is 0 Å². The summed E-state index contributed by atoms with van der Waals surface area (Å²) in [6.45, 7) is 0. The fourth-order valence-electron chi connectivity index (χ4n) is 8.84. The van der Waals surface area contributed by atoms with Crippen molar-refractivity contribution in [2.24, 2.45) is 0 Å². The predicted octanol–water partition coefficient (Wildman–Crippen LogP) is 15.3. The van der Waals surface area contributed by atoms with Crippen molar-refractivity contribution in [1.29, 1.82) is 0 Å². The van der Waals surface area contributed by atoms with E-state index in [1.54, 1.807) is 0 Å². The zero-order valence-corrected chi connectivity index (χ0v) is 33.6. The van der Waals surface area contributed by atoms with Crippen LogP contribution >= 0.6 is 0 Å². The van der Waals surface area contributed by atoms with Crippen molar-refractivity contribution in [2.75, 3.05) is 0 Å². The molecule has 0 aliphatic heterocycles. The Balaban J connectivity index is 1.17. The summed E-state index contributed by atoms with van der Waals surface area (Å²) >= 11 is 0. The van der Waals surface area contributed by atoms with Gasteiger partial charge in [-0.3, -0.25) is 0 Å². The molecule has 61 heavy (non-hydrogen) atoms. The Labute approximate surface area is 356 Å². The van der Waals surface area contributed by atoms with Gasteiger partial charge in [-0.1, -0.05) is 188 Å². The number of hydrogen-bond acceptors (Lipinski definition) is 2. The largest absolute Gasteiger partial charge is 0.308 e. The number of benzene rings is 8. The normalized spacial score (nSPS) is 12.5. The second kappa shape index (κ2) is 15.7. The zero-order valence-electron chi connectivity index (χ0n) is 33.6. The smallest absolute Gasteiger partial charge is 0.160 e. The van der Waals surface area contributed by atoms with Gasteiger partial charge in [-0.2, -0.15) is 0 Å². The fraction of sp³-hybridized carbons (Fsp3) is 0.0345. The number of fused-ring (bicyclic) bond motifs is 3. The van der Waals surface area contributed by atoms with Crippen molar-refractivity contribution in [2.45, 2.75) is 12.8 Å². The summed E-state index contributed by atoms with van der Waals surface area (Å²) in [6, 6.07) is 73.7. The van der Waals surface area contributed by atoms with Gasteiger partial charge >= 0.3 is 0 Å². The van der Waals surface area contributed by atoms with E-state index in [2.05, 4.69) is 229 Å². The van der Waals surface area contributed by atoms with Crippen LogP contribution < -0.4 is 0 Å². The third-order valence-corrected chi connectivity index (χ3v) is 11.8. The van der Waals surface area contributed by atoms with Crippen molar-refractivity contribution in [3.8, 4) is 73.0 Å². The number of para-hydroxylation sites is 1. The highest BCUT2D eigenvalue weighted by Crippen LogP contribution is 2.44. The molecule has 2 aromatic heterocycles. The molecule has 3 heteroatoms. The van der Waals surface area contributed by atoms with Gasteiger partial charge in [-0.05, 0) is 82.6 Å². The van der Waals surface area contributed by atoms with E-state index in [4.69, 9.17) is 9.97 Å². The summed E-state index contributed by atoms with van der Waals surface area (Å²) in [7, 11) is 0. The Morgan fingerprint density at radius 2 is 0.885 bits per heavy atom. The van der Waals surface area contributed by atoms with E-state index < -0.39 is 0 Å². The monoisotopic (exact) mass is 779 g/mol. The predicted molar refractivity (Wildman–Crippen MR) is 255 cm³/mol. The molecule has 1 aliphatic rings. The maximum atomic E-state index is 5.40. The minimum absolute atomic E-state index is 0.691. The molecule has 3 nitrogen and oxygen atoms in total. The average molecular weight is 780 g/mol. The lowest BCUT2D eigenvalue weighted by Crippen LogP contribution is -2.04. The Bertz CT molecular complexity index is 3250. The highest BCUT2D eigenvalue weighted by atomic mass is 15.0. The molecule has 8 aromatic carbocycles. The topological polar surface area (TPSA) is 30.7 Å². The van der Waals surface area contributed by atoms with Crippen molar-refractivity contribution in [1.82, 2.24) is 14.5 Å². The van der Waals surface area contributed by atoms with Gasteiger partial charge in [0.2, 0.25) is 0 Å². The first-order valence-electron chi connectivity index (χ1n) is 21.1. The number of rotatable bonds is 8. The molecule has 0 spiro atoms. The summed E-state index contributed by atoms with van der Waals surface area (Å²) in [6.07, 6.45) is 9.02. The van der Waals surface area contributed by atoms with Crippen LogP contribution in [0.2, 0.25) is 0 Å². The molecule has 0 N–H and O–H groups in total. The maximum Gasteiger partial charge on any atom is 0.160 e. The summed E-state index contributed by atoms with van der Waals surface area (Å²) < 4.78 is 2.50. The third kappa shape index (κ3) is 6.86. The van der Waals surface area contributed by atoms with E-state index in [9.17, 15) is 0 Å². The lowest BCUT2D eigenvalue weighted by molar-refractivity contribution is 1.04. The maximum absolute atomic E-state index is 5.40. The van der Waals surface area contributed by atoms with Crippen LogP contribution in [0.15, 0.2) is 224 Å². The van der Waals surface area contributed by atoms with E-state index in [-0.39, 0.29) is 0 Å². The molecule has 0 saturated carbocycles. The fourth-order valence-corrected chi connectivity index (χ4v) is 8.84. The van der Waals surface area contributed by atoms with E-state index in [0.29, 0.717) is 5.82 Å².